The first-order chi connectivity index (χ1) is 15.2. The van der Waals surface area contributed by atoms with E-state index in [1.54, 1.807) is 6.07 Å². The summed E-state index contributed by atoms with van der Waals surface area (Å²) in [5.74, 6) is 0.00938. The third kappa shape index (κ3) is 4.21. The van der Waals surface area contributed by atoms with Crippen molar-refractivity contribution in [1.82, 2.24) is 4.57 Å². The molecule has 0 aliphatic heterocycles. The van der Waals surface area contributed by atoms with Crippen LogP contribution in [-0.4, -0.2) is 16.4 Å². The average molecular weight is 409 g/mol. The SMILES string of the molecule is O=C(Nc1cccc(NC(=O)C2CC2)c1)c1cn(Cc2ccccc2)c2ccccc12. The molecule has 2 amide bonds. The Hall–Kier alpha value is -3.86. The minimum atomic E-state index is -0.173. The summed E-state index contributed by atoms with van der Waals surface area (Å²) < 4.78 is 2.10. The van der Waals surface area contributed by atoms with Gasteiger partial charge in [0.2, 0.25) is 5.91 Å². The molecule has 1 aromatic heterocycles. The van der Waals surface area contributed by atoms with Gasteiger partial charge >= 0.3 is 0 Å². The van der Waals surface area contributed by atoms with Crippen molar-refractivity contribution in [2.75, 3.05) is 10.6 Å². The minimum absolute atomic E-state index is 0.0486. The zero-order chi connectivity index (χ0) is 21.2. The topological polar surface area (TPSA) is 63.1 Å². The van der Waals surface area contributed by atoms with Crippen molar-refractivity contribution in [2.45, 2.75) is 19.4 Å². The third-order valence-corrected chi connectivity index (χ3v) is 5.57. The summed E-state index contributed by atoms with van der Waals surface area (Å²) in [5, 5.41) is 6.82. The molecule has 0 atom stereocenters. The molecule has 5 heteroatoms. The minimum Gasteiger partial charge on any atom is -0.342 e. The molecule has 2 N–H and O–H groups in total. The first-order valence-corrected chi connectivity index (χ1v) is 10.5. The molecule has 0 bridgehead atoms. The van der Waals surface area contributed by atoms with Crippen molar-refractivity contribution in [3.63, 3.8) is 0 Å². The molecule has 1 aliphatic rings. The smallest absolute Gasteiger partial charge is 0.257 e. The van der Waals surface area contributed by atoms with Crippen molar-refractivity contribution in [2.24, 2.45) is 5.92 Å². The Morgan fingerprint density at radius 1 is 0.839 bits per heavy atom. The number of aromatic nitrogens is 1. The van der Waals surface area contributed by atoms with Gasteiger partial charge in [0.25, 0.3) is 5.91 Å². The van der Waals surface area contributed by atoms with Gasteiger partial charge in [0, 0.05) is 40.9 Å². The summed E-state index contributed by atoms with van der Waals surface area (Å²) >= 11 is 0. The van der Waals surface area contributed by atoms with Crippen molar-refractivity contribution in [1.29, 1.82) is 0 Å². The number of nitrogens with one attached hydrogen (secondary N) is 2. The molecule has 5 rings (SSSR count). The van der Waals surface area contributed by atoms with Crippen molar-refractivity contribution < 1.29 is 9.59 Å². The number of para-hydroxylation sites is 1. The number of nitrogens with zero attached hydrogens (tertiary/aromatic N) is 1. The van der Waals surface area contributed by atoms with Gasteiger partial charge in [-0.2, -0.15) is 0 Å². The van der Waals surface area contributed by atoms with Crippen LogP contribution in [0, 0.1) is 5.92 Å². The molecular weight excluding hydrogens is 386 g/mol. The van der Waals surface area contributed by atoms with Crippen LogP contribution >= 0.6 is 0 Å². The molecule has 3 aromatic carbocycles. The van der Waals surface area contributed by atoms with E-state index in [9.17, 15) is 9.59 Å². The summed E-state index contributed by atoms with van der Waals surface area (Å²) in [6.45, 7) is 0.692. The third-order valence-electron chi connectivity index (χ3n) is 5.57. The Kier molecular flexibility index (Phi) is 5.00. The lowest BCUT2D eigenvalue weighted by Gasteiger charge is -2.08. The fourth-order valence-electron chi connectivity index (χ4n) is 3.80. The number of hydrogen-bond donors (Lipinski definition) is 2. The molecule has 1 saturated carbocycles. The Morgan fingerprint density at radius 3 is 2.32 bits per heavy atom. The molecule has 1 heterocycles. The Labute approximate surface area is 180 Å². The number of rotatable bonds is 6. The van der Waals surface area contributed by atoms with Crippen LogP contribution in [0.15, 0.2) is 85.1 Å². The van der Waals surface area contributed by atoms with E-state index in [0.29, 0.717) is 23.5 Å². The van der Waals surface area contributed by atoms with Crippen LogP contribution in [0.2, 0.25) is 0 Å². The van der Waals surface area contributed by atoms with E-state index in [1.165, 1.54) is 5.56 Å². The Balaban J connectivity index is 1.39. The maximum atomic E-state index is 13.1. The van der Waals surface area contributed by atoms with E-state index in [0.717, 1.165) is 23.7 Å². The molecule has 0 saturated heterocycles. The predicted molar refractivity (Wildman–Crippen MR) is 123 cm³/mol. The molecule has 5 nitrogen and oxygen atoms in total. The second kappa shape index (κ2) is 8.11. The summed E-state index contributed by atoms with van der Waals surface area (Å²) in [6, 6.07) is 25.4. The largest absolute Gasteiger partial charge is 0.342 e. The maximum absolute atomic E-state index is 13.1. The summed E-state index contributed by atoms with van der Waals surface area (Å²) in [6.07, 6.45) is 3.82. The van der Waals surface area contributed by atoms with Crippen LogP contribution in [0.3, 0.4) is 0 Å². The lowest BCUT2D eigenvalue weighted by molar-refractivity contribution is -0.117. The highest BCUT2D eigenvalue weighted by atomic mass is 16.2. The van der Waals surface area contributed by atoms with Crippen LogP contribution in [0.1, 0.15) is 28.8 Å². The number of anilines is 2. The van der Waals surface area contributed by atoms with Crippen LogP contribution in [0.4, 0.5) is 11.4 Å². The summed E-state index contributed by atoms with van der Waals surface area (Å²) in [4.78, 5) is 25.2. The van der Waals surface area contributed by atoms with E-state index >= 15 is 0 Å². The fraction of sp³-hybridized carbons (Fsp3) is 0.154. The zero-order valence-corrected chi connectivity index (χ0v) is 17.0. The fourth-order valence-corrected chi connectivity index (χ4v) is 3.80. The highest BCUT2D eigenvalue weighted by Gasteiger charge is 2.29. The normalized spacial score (nSPS) is 13.2. The highest BCUT2D eigenvalue weighted by molar-refractivity contribution is 6.13. The quantitative estimate of drug-likeness (QED) is 0.454. The molecular formula is C26H23N3O2. The number of amides is 2. The van der Waals surface area contributed by atoms with E-state index in [-0.39, 0.29) is 17.7 Å². The molecule has 1 fully saturated rings. The van der Waals surface area contributed by atoms with Gasteiger partial charge in [0.1, 0.15) is 0 Å². The number of fused-ring (bicyclic) bond motifs is 1. The zero-order valence-electron chi connectivity index (χ0n) is 17.0. The molecule has 0 unspecified atom stereocenters. The lowest BCUT2D eigenvalue weighted by Crippen LogP contribution is -2.14. The van der Waals surface area contributed by atoms with Crippen LogP contribution in [0.25, 0.3) is 10.9 Å². The maximum Gasteiger partial charge on any atom is 0.257 e. The van der Waals surface area contributed by atoms with Gasteiger partial charge in [-0.3, -0.25) is 9.59 Å². The first kappa shape index (κ1) is 19.1. The van der Waals surface area contributed by atoms with Crippen molar-refractivity contribution in [3.05, 3.63) is 96.2 Å². The Bertz CT molecular complexity index is 1260. The van der Waals surface area contributed by atoms with Crippen LogP contribution < -0.4 is 10.6 Å². The molecule has 1 aliphatic carbocycles. The predicted octanol–water partition coefficient (Wildman–Crippen LogP) is 5.29. The molecule has 0 radical (unpaired) electrons. The van der Waals surface area contributed by atoms with Crippen LogP contribution in [0.5, 0.6) is 0 Å². The number of carbonyl (C=O) groups is 2. The first-order valence-electron chi connectivity index (χ1n) is 10.5. The van der Waals surface area contributed by atoms with Gasteiger partial charge in [-0.25, -0.2) is 0 Å². The molecule has 0 spiro atoms. The molecule has 154 valence electrons. The second-order valence-corrected chi connectivity index (χ2v) is 7.97. The molecule has 31 heavy (non-hydrogen) atoms. The second-order valence-electron chi connectivity index (χ2n) is 7.97. The number of benzene rings is 3. The summed E-state index contributed by atoms with van der Waals surface area (Å²) in [5.41, 5.74) is 4.16. The van der Waals surface area contributed by atoms with Gasteiger partial charge < -0.3 is 15.2 Å². The monoisotopic (exact) mass is 409 g/mol. The summed E-state index contributed by atoms with van der Waals surface area (Å²) in [7, 11) is 0. The number of carbonyl (C=O) groups excluding carboxylic acids is 2. The van der Waals surface area contributed by atoms with Gasteiger partial charge in [-0.15, -0.1) is 0 Å². The van der Waals surface area contributed by atoms with E-state index in [4.69, 9.17) is 0 Å². The van der Waals surface area contributed by atoms with Crippen molar-refractivity contribution >= 4 is 34.1 Å². The molecule has 4 aromatic rings. The average Bonchev–Trinajstić information content (AvgIpc) is 3.58. The van der Waals surface area contributed by atoms with Crippen LogP contribution in [-0.2, 0) is 11.3 Å². The van der Waals surface area contributed by atoms with Gasteiger partial charge in [-0.05, 0) is 42.7 Å². The van der Waals surface area contributed by atoms with E-state index in [2.05, 4.69) is 27.3 Å². The van der Waals surface area contributed by atoms with Gasteiger partial charge in [0.05, 0.1) is 5.56 Å². The van der Waals surface area contributed by atoms with E-state index in [1.807, 2.05) is 66.9 Å². The van der Waals surface area contributed by atoms with Gasteiger partial charge in [-0.1, -0.05) is 54.6 Å². The Morgan fingerprint density at radius 2 is 1.55 bits per heavy atom. The van der Waals surface area contributed by atoms with Gasteiger partial charge in [0.15, 0.2) is 0 Å². The van der Waals surface area contributed by atoms with Crippen molar-refractivity contribution in [3.8, 4) is 0 Å². The number of hydrogen-bond acceptors (Lipinski definition) is 2. The highest BCUT2D eigenvalue weighted by Crippen LogP contribution is 2.30. The van der Waals surface area contributed by atoms with E-state index < -0.39 is 0 Å². The standard InChI is InChI=1S/C26H23N3O2/c30-25(19-13-14-19)27-20-9-6-10-21(15-20)28-26(31)23-17-29(16-18-7-2-1-3-8-18)24-12-5-4-11-22(23)24/h1-12,15,17,19H,13-14,16H2,(H,27,30)(H,28,31). The lowest BCUT2D eigenvalue weighted by atomic mass is 10.1.